The van der Waals surface area contributed by atoms with E-state index in [0.29, 0.717) is 0 Å². The minimum absolute atomic E-state index is 0. The molecule has 1 aliphatic heterocycles. The Balaban J connectivity index is 0.00000196. The van der Waals surface area contributed by atoms with Gasteiger partial charge in [-0.05, 0) is 18.7 Å². The fourth-order valence-corrected chi connectivity index (χ4v) is 1.44. The number of aliphatic hydroxyl groups excluding tert-OH is 1. The summed E-state index contributed by atoms with van der Waals surface area (Å²) in [4.78, 5) is 15.4. The van der Waals surface area contributed by atoms with Gasteiger partial charge in [0.2, 0.25) is 0 Å². The molecular formula is C10H14NNaO3. The first kappa shape index (κ1) is 14.7. The first-order valence-electron chi connectivity index (χ1n) is 4.68. The van der Waals surface area contributed by atoms with E-state index in [1.807, 2.05) is 13.8 Å². The Morgan fingerprint density at radius 1 is 1.67 bits per heavy atom. The Hall–Kier alpha value is -0.320. The van der Waals surface area contributed by atoms with E-state index in [4.69, 9.17) is 5.11 Å². The molecule has 0 unspecified atom stereocenters. The molecule has 1 rings (SSSR count). The number of carbonyl (C=O) groups is 1. The Morgan fingerprint density at radius 2 is 2.20 bits per heavy atom. The van der Waals surface area contributed by atoms with Crippen LogP contribution in [0.15, 0.2) is 16.3 Å². The smallest absolute Gasteiger partial charge is 0.858 e. The molecule has 0 aliphatic carbocycles. The van der Waals surface area contributed by atoms with Crippen molar-refractivity contribution < 1.29 is 44.6 Å². The SMILES string of the molecule is CC[C@H](C)[C@@H]1N=C([O-])/C(=C(\C)O)C1=O.[Na+]. The molecule has 0 saturated heterocycles. The van der Waals surface area contributed by atoms with E-state index in [-0.39, 0.29) is 52.6 Å². The van der Waals surface area contributed by atoms with Crippen LogP contribution in [-0.2, 0) is 4.79 Å². The zero-order valence-electron chi connectivity index (χ0n) is 9.57. The molecule has 5 heteroatoms. The van der Waals surface area contributed by atoms with Crippen LogP contribution in [0.2, 0.25) is 0 Å². The molecule has 4 nitrogen and oxygen atoms in total. The van der Waals surface area contributed by atoms with Crippen LogP contribution < -0.4 is 34.7 Å². The first-order chi connectivity index (χ1) is 6.49. The number of rotatable bonds is 2. The minimum atomic E-state index is -0.593. The van der Waals surface area contributed by atoms with Crippen molar-refractivity contribution in [1.82, 2.24) is 0 Å². The second kappa shape index (κ2) is 5.68. The molecular weight excluding hydrogens is 205 g/mol. The van der Waals surface area contributed by atoms with E-state index in [9.17, 15) is 9.90 Å². The Morgan fingerprint density at radius 3 is 2.53 bits per heavy atom. The molecule has 0 saturated carbocycles. The van der Waals surface area contributed by atoms with Crippen LogP contribution in [0, 0.1) is 5.92 Å². The summed E-state index contributed by atoms with van der Waals surface area (Å²) in [5.74, 6) is -1.11. The summed E-state index contributed by atoms with van der Waals surface area (Å²) in [5.41, 5.74) is -0.143. The van der Waals surface area contributed by atoms with E-state index < -0.39 is 11.9 Å². The number of aliphatic imine (C=N–C) groups is 1. The van der Waals surface area contributed by atoms with Gasteiger partial charge in [-0.2, -0.15) is 0 Å². The molecule has 0 amide bonds. The van der Waals surface area contributed by atoms with E-state index in [2.05, 4.69) is 4.99 Å². The number of ketones is 1. The number of hydrogen-bond acceptors (Lipinski definition) is 4. The number of hydrogen-bond donors (Lipinski definition) is 1. The molecule has 0 aromatic heterocycles. The fourth-order valence-electron chi connectivity index (χ4n) is 1.44. The Bertz CT molecular complexity index is 319. The third-order valence-electron chi connectivity index (χ3n) is 2.53. The van der Waals surface area contributed by atoms with Crippen molar-refractivity contribution in [3.05, 3.63) is 11.3 Å². The summed E-state index contributed by atoms with van der Waals surface area (Å²) >= 11 is 0. The largest absolute Gasteiger partial charge is 1.00 e. The number of nitrogens with zero attached hydrogens (tertiary/aromatic N) is 1. The van der Waals surface area contributed by atoms with Crippen molar-refractivity contribution in [3.8, 4) is 0 Å². The van der Waals surface area contributed by atoms with Crippen LogP contribution >= 0.6 is 0 Å². The van der Waals surface area contributed by atoms with Gasteiger partial charge in [-0.25, -0.2) is 0 Å². The quantitative estimate of drug-likeness (QED) is 0.319. The zero-order chi connectivity index (χ0) is 10.9. The van der Waals surface area contributed by atoms with Crippen molar-refractivity contribution >= 4 is 11.7 Å². The van der Waals surface area contributed by atoms with Crippen molar-refractivity contribution in [2.24, 2.45) is 10.9 Å². The maximum atomic E-state index is 11.6. The summed E-state index contributed by atoms with van der Waals surface area (Å²) in [5, 5.41) is 20.4. The van der Waals surface area contributed by atoms with E-state index >= 15 is 0 Å². The maximum absolute atomic E-state index is 11.6. The summed E-state index contributed by atoms with van der Waals surface area (Å²) in [6, 6.07) is -0.593. The second-order valence-corrected chi connectivity index (χ2v) is 3.59. The zero-order valence-corrected chi connectivity index (χ0v) is 11.6. The monoisotopic (exact) mass is 219 g/mol. The number of aliphatic hydroxyl groups is 1. The van der Waals surface area contributed by atoms with Crippen LogP contribution in [0.4, 0.5) is 0 Å². The third-order valence-corrected chi connectivity index (χ3v) is 2.53. The molecule has 1 N–H and O–H groups in total. The van der Waals surface area contributed by atoms with Gasteiger partial charge in [-0.3, -0.25) is 9.79 Å². The number of Topliss-reactive ketones (excluding diaryl/α,β-unsaturated/α-hetero) is 1. The van der Waals surface area contributed by atoms with Crippen LogP contribution in [0.25, 0.3) is 0 Å². The molecule has 0 aromatic rings. The average Bonchev–Trinajstić information content (AvgIpc) is 2.40. The summed E-state index contributed by atoms with van der Waals surface area (Å²) < 4.78 is 0. The van der Waals surface area contributed by atoms with Gasteiger partial charge in [0.05, 0.1) is 5.57 Å². The molecule has 0 bridgehead atoms. The van der Waals surface area contributed by atoms with Gasteiger partial charge in [0.25, 0.3) is 0 Å². The standard InChI is InChI=1S/C10H15NO3.Na/c1-4-5(2)8-9(13)7(6(3)12)10(14)11-8;/h5,8,12H,4H2,1-3H3,(H,11,14);/q;+1/p-1/b7-6+;/t5-,8-;/m0./s1. The molecule has 0 radical (unpaired) electrons. The normalized spacial score (nSPS) is 25.7. The number of carbonyl (C=O) groups excluding carboxylic acids is 1. The van der Waals surface area contributed by atoms with Gasteiger partial charge in [-0.15, -0.1) is 0 Å². The fraction of sp³-hybridized carbons (Fsp3) is 0.600. The number of allylic oxidation sites excluding steroid dienone is 1. The van der Waals surface area contributed by atoms with Crippen molar-refractivity contribution in [3.63, 3.8) is 0 Å². The van der Waals surface area contributed by atoms with Crippen molar-refractivity contribution in [1.29, 1.82) is 0 Å². The molecule has 1 heterocycles. The summed E-state index contributed by atoms with van der Waals surface area (Å²) in [6.07, 6.45) is 0.783. The van der Waals surface area contributed by atoms with Gasteiger partial charge in [-0.1, -0.05) is 20.3 Å². The van der Waals surface area contributed by atoms with Gasteiger partial charge < -0.3 is 10.2 Å². The van der Waals surface area contributed by atoms with E-state index in [1.54, 1.807) is 0 Å². The van der Waals surface area contributed by atoms with E-state index in [0.717, 1.165) is 6.42 Å². The topological polar surface area (TPSA) is 72.7 Å². The van der Waals surface area contributed by atoms with Crippen LogP contribution in [0.1, 0.15) is 27.2 Å². The molecule has 1 aliphatic rings. The maximum Gasteiger partial charge on any atom is 1.00 e. The van der Waals surface area contributed by atoms with Crippen molar-refractivity contribution in [2.75, 3.05) is 0 Å². The predicted molar refractivity (Wildman–Crippen MR) is 51.0 cm³/mol. The van der Waals surface area contributed by atoms with Gasteiger partial charge in [0.15, 0.2) is 5.78 Å². The molecule has 0 spiro atoms. The molecule has 2 atom stereocenters. The summed E-state index contributed by atoms with van der Waals surface area (Å²) in [7, 11) is 0. The van der Waals surface area contributed by atoms with Gasteiger partial charge in [0.1, 0.15) is 11.8 Å². The first-order valence-corrected chi connectivity index (χ1v) is 4.68. The van der Waals surface area contributed by atoms with Crippen LogP contribution in [0.5, 0.6) is 0 Å². The minimum Gasteiger partial charge on any atom is -0.858 e. The Kier molecular flexibility index (Phi) is 5.56. The average molecular weight is 219 g/mol. The third kappa shape index (κ3) is 2.83. The summed E-state index contributed by atoms with van der Waals surface area (Å²) in [6.45, 7) is 5.14. The van der Waals surface area contributed by atoms with Crippen molar-refractivity contribution in [2.45, 2.75) is 33.2 Å². The van der Waals surface area contributed by atoms with Crippen LogP contribution in [0.3, 0.4) is 0 Å². The Labute approximate surface area is 111 Å². The van der Waals surface area contributed by atoms with Gasteiger partial charge >= 0.3 is 29.6 Å². The second-order valence-electron chi connectivity index (χ2n) is 3.59. The van der Waals surface area contributed by atoms with E-state index in [1.165, 1.54) is 6.92 Å². The molecule has 0 aromatic carbocycles. The molecule has 0 fully saturated rings. The van der Waals surface area contributed by atoms with Crippen LogP contribution in [-0.4, -0.2) is 22.8 Å². The molecule has 15 heavy (non-hydrogen) atoms. The van der Waals surface area contributed by atoms with Gasteiger partial charge in [0, 0.05) is 0 Å². The molecule has 78 valence electrons. The predicted octanol–water partition coefficient (Wildman–Crippen LogP) is -2.42.